The molecule has 1 aromatic rings. The average Bonchev–Trinajstić information content (AvgIpc) is 2.14. The number of hydrogen-bond acceptors (Lipinski definition) is 3. The molecular formula is C13H18N2O2. The second kappa shape index (κ2) is 4.99. The highest BCUT2D eigenvalue weighted by atomic mass is 16.6. The molecule has 0 aliphatic heterocycles. The number of ether oxygens (including phenoxy) is 1. The summed E-state index contributed by atoms with van der Waals surface area (Å²) < 4.78 is 5.16. The molecule has 0 bridgehead atoms. The van der Waals surface area contributed by atoms with Crippen molar-refractivity contribution in [3.8, 4) is 0 Å². The van der Waals surface area contributed by atoms with Gasteiger partial charge in [-0.15, -0.1) is 0 Å². The molecule has 0 saturated heterocycles. The third kappa shape index (κ3) is 4.26. The van der Waals surface area contributed by atoms with Crippen LogP contribution in [-0.4, -0.2) is 17.4 Å². The fourth-order valence-corrected chi connectivity index (χ4v) is 1.33. The first kappa shape index (κ1) is 13.2. The summed E-state index contributed by atoms with van der Waals surface area (Å²) in [7, 11) is 0. The minimum Gasteiger partial charge on any atom is -0.444 e. The van der Waals surface area contributed by atoms with Gasteiger partial charge in [0.15, 0.2) is 0 Å². The lowest BCUT2D eigenvalue weighted by Gasteiger charge is -2.20. The van der Waals surface area contributed by atoms with Gasteiger partial charge in [-0.3, -0.25) is 5.32 Å². The molecule has 1 rings (SSSR count). The minimum atomic E-state index is -0.529. The van der Waals surface area contributed by atoms with Crippen molar-refractivity contribution >= 4 is 17.5 Å². The fourth-order valence-electron chi connectivity index (χ4n) is 1.33. The predicted molar refractivity (Wildman–Crippen MR) is 68.8 cm³/mol. The summed E-state index contributed by atoms with van der Waals surface area (Å²) >= 11 is 0. The van der Waals surface area contributed by atoms with Gasteiger partial charge in [-0.25, -0.2) is 4.79 Å². The molecule has 0 fully saturated rings. The molecule has 4 heteroatoms. The van der Waals surface area contributed by atoms with E-state index in [1.807, 2.05) is 6.07 Å². The Kier molecular flexibility index (Phi) is 3.89. The van der Waals surface area contributed by atoms with Crippen LogP contribution < -0.4 is 5.32 Å². The van der Waals surface area contributed by atoms with Gasteiger partial charge in [0.2, 0.25) is 0 Å². The fraction of sp³-hybridized carbons (Fsp3) is 0.385. The molecule has 0 aliphatic carbocycles. The second-order valence-corrected chi connectivity index (χ2v) is 4.80. The summed E-state index contributed by atoms with van der Waals surface area (Å²) in [6.45, 7) is 7.09. The molecule has 92 valence electrons. The van der Waals surface area contributed by atoms with Gasteiger partial charge in [-0.1, -0.05) is 18.2 Å². The van der Waals surface area contributed by atoms with Crippen molar-refractivity contribution < 1.29 is 9.53 Å². The maximum Gasteiger partial charge on any atom is 0.412 e. The molecule has 0 aromatic heterocycles. The van der Waals surface area contributed by atoms with Gasteiger partial charge in [-0.2, -0.15) is 0 Å². The molecule has 0 saturated carbocycles. The number of para-hydroxylation sites is 1. The zero-order valence-corrected chi connectivity index (χ0v) is 10.6. The molecule has 0 unspecified atom stereocenters. The minimum absolute atomic E-state index is 0.400. The lowest BCUT2D eigenvalue weighted by Crippen LogP contribution is -2.27. The Bertz CT molecular complexity index is 433. The van der Waals surface area contributed by atoms with E-state index in [-0.39, 0.29) is 0 Å². The van der Waals surface area contributed by atoms with Crippen LogP contribution in [-0.2, 0) is 4.74 Å². The summed E-state index contributed by atoms with van der Waals surface area (Å²) in [4.78, 5) is 11.6. The van der Waals surface area contributed by atoms with Crippen molar-refractivity contribution in [1.29, 1.82) is 5.41 Å². The Morgan fingerprint density at radius 1 is 1.29 bits per heavy atom. The summed E-state index contributed by atoms with van der Waals surface area (Å²) in [6.07, 6.45) is -0.508. The first-order valence-corrected chi connectivity index (χ1v) is 5.44. The first-order chi connectivity index (χ1) is 7.79. The Labute approximate surface area is 101 Å². The lowest BCUT2D eigenvalue weighted by atomic mass is 10.1. The van der Waals surface area contributed by atoms with E-state index in [0.717, 1.165) is 0 Å². The number of amides is 1. The smallest absolute Gasteiger partial charge is 0.412 e. The zero-order valence-electron chi connectivity index (χ0n) is 10.6. The van der Waals surface area contributed by atoms with E-state index in [4.69, 9.17) is 10.1 Å². The lowest BCUT2D eigenvalue weighted by molar-refractivity contribution is 0.0636. The number of benzene rings is 1. The molecule has 17 heavy (non-hydrogen) atoms. The maximum atomic E-state index is 11.6. The van der Waals surface area contributed by atoms with Gasteiger partial charge in [0.05, 0.1) is 5.69 Å². The van der Waals surface area contributed by atoms with Crippen molar-refractivity contribution in [1.82, 2.24) is 0 Å². The van der Waals surface area contributed by atoms with Gasteiger partial charge >= 0.3 is 6.09 Å². The van der Waals surface area contributed by atoms with Crippen LogP contribution in [0, 0.1) is 5.41 Å². The maximum absolute atomic E-state index is 11.6. The summed E-state index contributed by atoms with van der Waals surface area (Å²) in [5.74, 6) is 0. The number of hydrogen-bond donors (Lipinski definition) is 2. The van der Waals surface area contributed by atoms with Crippen LogP contribution in [0.2, 0.25) is 0 Å². The van der Waals surface area contributed by atoms with Crippen LogP contribution in [0.5, 0.6) is 0 Å². The van der Waals surface area contributed by atoms with Crippen LogP contribution >= 0.6 is 0 Å². The van der Waals surface area contributed by atoms with Crippen LogP contribution in [0.15, 0.2) is 24.3 Å². The molecule has 2 N–H and O–H groups in total. The van der Waals surface area contributed by atoms with Gasteiger partial charge in [0.25, 0.3) is 0 Å². The van der Waals surface area contributed by atoms with E-state index in [9.17, 15) is 4.79 Å². The van der Waals surface area contributed by atoms with Crippen molar-refractivity contribution in [3.05, 3.63) is 29.8 Å². The monoisotopic (exact) mass is 234 g/mol. The van der Waals surface area contributed by atoms with Gasteiger partial charge in [0.1, 0.15) is 5.60 Å². The van der Waals surface area contributed by atoms with Crippen LogP contribution in [0.1, 0.15) is 33.3 Å². The van der Waals surface area contributed by atoms with Crippen molar-refractivity contribution in [2.24, 2.45) is 0 Å². The van der Waals surface area contributed by atoms with E-state index >= 15 is 0 Å². The van der Waals surface area contributed by atoms with Crippen LogP contribution in [0.25, 0.3) is 0 Å². The Morgan fingerprint density at radius 2 is 1.88 bits per heavy atom. The first-order valence-electron chi connectivity index (χ1n) is 5.44. The highest BCUT2D eigenvalue weighted by Crippen LogP contribution is 2.17. The van der Waals surface area contributed by atoms with Gasteiger partial charge in [0, 0.05) is 11.3 Å². The van der Waals surface area contributed by atoms with E-state index < -0.39 is 11.7 Å². The quantitative estimate of drug-likeness (QED) is 0.770. The van der Waals surface area contributed by atoms with Crippen molar-refractivity contribution in [2.45, 2.75) is 33.3 Å². The van der Waals surface area contributed by atoms with Gasteiger partial charge < -0.3 is 10.1 Å². The molecular weight excluding hydrogens is 216 g/mol. The zero-order chi connectivity index (χ0) is 13.1. The van der Waals surface area contributed by atoms with Gasteiger partial charge in [-0.05, 0) is 33.8 Å². The number of carbonyl (C=O) groups excluding carboxylic acids is 1. The Morgan fingerprint density at radius 3 is 2.41 bits per heavy atom. The standard InChI is InChI=1S/C13H18N2O2/c1-9(14)10-7-5-6-8-11(10)15-12(16)17-13(2,3)4/h5-8,14H,1-4H3,(H,15,16). The molecule has 0 heterocycles. The van der Waals surface area contributed by atoms with Crippen LogP contribution in [0.3, 0.4) is 0 Å². The van der Waals surface area contributed by atoms with Crippen LogP contribution in [0.4, 0.5) is 10.5 Å². The van der Waals surface area contributed by atoms with Crippen molar-refractivity contribution in [2.75, 3.05) is 5.32 Å². The van der Waals surface area contributed by atoms with Crippen molar-refractivity contribution in [3.63, 3.8) is 0 Å². The largest absolute Gasteiger partial charge is 0.444 e. The molecule has 1 amide bonds. The highest BCUT2D eigenvalue weighted by Gasteiger charge is 2.17. The second-order valence-electron chi connectivity index (χ2n) is 4.80. The number of nitrogens with one attached hydrogen (secondary N) is 2. The molecule has 1 aromatic carbocycles. The average molecular weight is 234 g/mol. The number of carbonyl (C=O) groups is 1. The van der Waals surface area contributed by atoms with E-state index in [1.54, 1.807) is 45.9 Å². The summed E-state index contributed by atoms with van der Waals surface area (Å²) in [5, 5.41) is 10.3. The predicted octanol–water partition coefficient (Wildman–Crippen LogP) is 3.42. The molecule has 0 spiro atoms. The number of rotatable bonds is 2. The third-order valence-corrected chi connectivity index (χ3v) is 1.97. The Balaban J connectivity index is 2.82. The van der Waals surface area contributed by atoms with E-state index in [0.29, 0.717) is 17.0 Å². The molecule has 0 atom stereocenters. The normalized spacial score (nSPS) is 10.8. The molecule has 0 radical (unpaired) electrons. The highest BCUT2D eigenvalue weighted by molar-refractivity contribution is 6.03. The SMILES string of the molecule is CC(=N)c1ccccc1NC(=O)OC(C)(C)C. The van der Waals surface area contributed by atoms with E-state index in [1.165, 1.54) is 0 Å². The third-order valence-electron chi connectivity index (χ3n) is 1.97. The molecule has 0 aliphatic rings. The summed E-state index contributed by atoms with van der Waals surface area (Å²) in [6, 6.07) is 7.17. The summed E-state index contributed by atoms with van der Waals surface area (Å²) in [5.41, 5.74) is 1.16. The Hall–Kier alpha value is -1.84. The van der Waals surface area contributed by atoms with E-state index in [2.05, 4.69) is 5.32 Å². The topological polar surface area (TPSA) is 62.2 Å². The molecule has 4 nitrogen and oxygen atoms in total. The number of anilines is 1.